The molecule has 0 aromatic carbocycles. The summed E-state index contributed by atoms with van der Waals surface area (Å²) in [6.07, 6.45) is 9.90. The fourth-order valence-corrected chi connectivity index (χ4v) is 3.92. The number of hydrogen-bond acceptors (Lipinski definition) is 4. The van der Waals surface area contributed by atoms with Crippen molar-refractivity contribution < 1.29 is 35.7 Å². The molecule has 0 aliphatic carbocycles. The predicted octanol–water partition coefficient (Wildman–Crippen LogP) is 4.45. The van der Waals surface area contributed by atoms with Crippen LogP contribution < -0.4 is 9.79 Å². The van der Waals surface area contributed by atoms with E-state index in [0.29, 0.717) is 24.6 Å². The summed E-state index contributed by atoms with van der Waals surface area (Å²) >= 11 is 0. The summed E-state index contributed by atoms with van der Waals surface area (Å²) < 4.78 is 22.0. The van der Waals surface area contributed by atoms with Crippen LogP contribution in [0.1, 0.15) is 79.1 Å². The van der Waals surface area contributed by atoms with Gasteiger partial charge in [0.25, 0.3) is 0 Å². The van der Waals surface area contributed by atoms with Gasteiger partial charge in [0, 0.05) is 14.7 Å². The van der Waals surface area contributed by atoms with Crippen molar-refractivity contribution in [1.82, 2.24) is 0 Å². The Bertz CT molecular complexity index is 306. The Kier molecular flexibility index (Phi) is 22.1. The fraction of sp³-hybridized carbons (Fsp3) is 1.00. The maximum Gasteiger partial charge on any atom is 2.00 e. The minimum atomic E-state index is -2.96. The Morgan fingerprint density at radius 3 is 1.13 bits per heavy atom. The molecule has 2 atom stereocenters. The third-order valence-corrected chi connectivity index (χ3v) is 7.59. The van der Waals surface area contributed by atoms with Crippen molar-refractivity contribution in [3.63, 3.8) is 0 Å². The average molecular weight is 413 g/mol. The summed E-state index contributed by atoms with van der Waals surface area (Å²) in [6.45, 7) is 7.68. The van der Waals surface area contributed by atoms with Gasteiger partial charge in [-0.05, 0) is 37.5 Å². The summed E-state index contributed by atoms with van der Waals surface area (Å²) in [5.41, 5.74) is 0. The van der Waals surface area contributed by atoms with Crippen LogP contribution in [-0.4, -0.2) is 24.6 Å². The van der Waals surface area contributed by atoms with Crippen LogP contribution in [0.3, 0.4) is 0 Å². The van der Waals surface area contributed by atoms with E-state index in [-0.39, 0.29) is 16.8 Å². The van der Waals surface area contributed by atoms with Crippen LogP contribution in [-0.2, 0) is 25.9 Å². The smallest absolute Gasteiger partial charge is 0.799 e. The van der Waals surface area contributed by atoms with E-state index in [9.17, 15) is 18.9 Å². The molecule has 4 nitrogen and oxygen atoms in total. The third-order valence-electron chi connectivity index (χ3n) is 3.67. The van der Waals surface area contributed by atoms with Crippen LogP contribution in [0, 0.1) is 0 Å². The van der Waals surface area contributed by atoms with E-state index in [1.54, 1.807) is 13.8 Å². The molecule has 0 aromatic heterocycles. The molecule has 0 fully saturated rings. The van der Waals surface area contributed by atoms with Crippen LogP contribution >= 0.6 is 14.7 Å². The third kappa shape index (κ3) is 22.9. The van der Waals surface area contributed by atoms with Gasteiger partial charge in [-0.3, -0.25) is 0 Å². The molecule has 0 bridgehead atoms. The Balaban J connectivity index is -0.000000333. The van der Waals surface area contributed by atoms with Crippen molar-refractivity contribution in [3.8, 4) is 0 Å². The number of hydrogen-bond donors (Lipinski definition) is 0. The van der Waals surface area contributed by atoms with Crippen molar-refractivity contribution in [1.29, 1.82) is 0 Å². The maximum absolute atomic E-state index is 11.0. The SMILES string of the molecule is CCCCCCP(=O)([O-])CC.CCCCCCP(=O)([O-])CC.[Co+2]. The predicted molar refractivity (Wildman–Crippen MR) is 94.3 cm³/mol. The topological polar surface area (TPSA) is 80.3 Å². The van der Waals surface area contributed by atoms with Crippen LogP contribution in [0.25, 0.3) is 0 Å². The van der Waals surface area contributed by atoms with Gasteiger partial charge < -0.3 is 18.9 Å². The number of unbranched alkanes of at least 4 members (excludes halogenated alkanes) is 6. The molecule has 0 aliphatic heterocycles. The summed E-state index contributed by atoms with van der Waals surface area (Å²) in [6, 6.07) is 0. The van der Waals surface area contributed by atoms with Gasteiger partial charge in [-0.15, -0.1) is 0 Å². The molecule has 0 heterocycles. The molecule has 0 spiro atoms. The van der Waals surface area contributed by atoms with Crippen molar-refractivity contribution in [2.45, 2.75) is 79.1 Å². The molecule has 23 heavy (non-hydrogen) atoms. The molecule has 2 unspecified atom stereocenters. The van der Waals surface area contributed by atoms with E-state index in [0.717, 1.165) is 51.4 Å². The van der Waals surface area contributed by atoms with Gasteiger partial charge in [0.2, 0.25) is 0 Å². The molecule has 7 heteroatoms. The van der Waals surface area contributed by atoms with Crippen molar-refractivity contribution in [2.24, 2.45) is 0 Å². The first kappa shape index (κ1) is 28.7. The largest absolute Gasteiger partial charge is 2.00 e. The maximum atomic E-state index is 11.0. The van der Waals surface area contributed by atoms with Gasteiger partial charge in [-0.2, -0.15) is 0 Å². The molecule has 0 aliphatic rings. The Hall–Kier alpha value is 0.886. The van der Waals surface area contributed by atoms with Crippen LogP contribution in [0.4, 0.5) is 0 Å². The summed E-state index contributed by atoms with van der Waals surface area (Å²) in [5.74, 6) is 0. The second-order valence-corrected chi connectivity index (χ2v) is 11.2. The van der Waals surface area contributed by atoms with Crippen LogP contribution in [0.5, 0.6) is 0 Å². The van der Waals surface area contributed by atoms with E-state index >= 15 is 0 Å². The number of rotatable bonds is 12. The van der Waals surface area contributed by atoms with Crippen molar-refractivity contribution in [2.75, 3.05) is 24.6 Å². The Morgan fingerprint density at radius 1 is 0.609 bits per heavy atom. The quantitative estimate of drug-likeness (QED) is 0.350. The van der Waals surface area contributed by atoms with Crippen molar-refractivity contribution >= 4 is 14.7 Å². The zero-order valence-corrected chi connectivity index (χ0v) is 18.2. The second kappa shape index (κ2) is 17.7. The van der Waals surface area contributed by atoms with E-state index in [2.05, 4.69) is 13.8 Å². The molecule has 0 saturated carbocycles. The summed E-state index contributed by atoms with van der Waals surface area (Å²) in [7, 11) is -5.93. The van der Waals surface area contributed by atoms with Gasteiger partial charge in [0.1, 0.15) is 0 Å². The summed E-state index contributed by atoms with van der Waals surface area (Å²) in [5, 5.41) is 0. The van der Waals surface area contributed by atoms with Gasteiger partial charge in [-0.1, -0.05) is 66.2 Å². The second-order valence-electron chi connectivity index (χ2n) is 5.83. The van der Waals surface area contributed by atoms with E-state index in [1.807, 2.05) is 0 Å². The molecular formula is C16H36CoO4P2. The average Bonchev–Trinajstić information content (AvgIpc) is 2.49. The zero-order valence-electron chi connectivity index (χ0n) is 15.3. The van der Waals surface area contributed by atoms with E-state index in [1.165, 1.54) is 0 Å². The first-order valence-corrected chi connectivity index (χ1v) is 12.8. The monoisotopic (exact) mass is 413 g/mol. The Labute approximate surface area is 154 Å². The molecule has 0 aromatic rings. The standard InChI is InChI=1S/2C8H19O2P.Co/c2*1-3-5-6-7-8-11(9,10)4-2;/h2*3-8H2,1-2H3,(H,9,10);/q;;+2/p-2. The van der Waals surface area contributed by atoms with Crippen LogP contribution in [0.2, 0.25) is 0 Å². The van der Waals surface area contributed by atoms with E-state index in [4.69, 9.17) is 0 Å². The van der Waals surface area contributed by atoms with Crippen molar-refractivity contribution in [3.05, 3.63) is 0 Å². The molecular weight excluding hydrogens is 377 g/mol. The minimum Gasteiger partial charge on any atom is -0.799 e. The fourth-order valence-electron chi connectivity index (χ4n) is 1.88. The first-order chi connectivity index (χ1) is 10.2. The van der Waals surface area contributed by atoms with E-state index < -0.39 is 14.7 Å². The normalized spacial score (nSPS) is 15.6. The molecule has 0 saturated heterocycles. The zero-order chi connectivity index (χ0) is 17.5. The molecule has 0 N–H and O–H groups in total. The first-order valence-electron chi connectivity index (χ1n) is 8.82. The van der Waals surface area contributed by atoms with Gasteiger partial charge in [-0.25, -0.2) is 0 Å². The van der Waals surface area contributed by atoms with Gasteiger partial charge >= 0.3 is 16.8 Å². The molecule has 143 valence electrons. The minimum absolute atomic E-state index is 0. The molecule has 1 radical (unpaired) electrons. The van der Waals surface area contributed by atoms with Crippen LogP contribution in [0.15, 0.2) is 0 Å². The van der Waals surface area contributed by atoms with Gasteiger partial charge in [0.15, 0.2) is 0 Å². The summed E-state index contributed by atoms with van der Waals surface area (Å²) in [4.78, 5) is 22.0. The molecule has 0 rings (SSSR count). The van der Waals surface area contributed by atoms with Gasteiger partial charge in [0.05, 0.1) is 0 Å². The molecule has 0 amide bonds. The Morgan fingerprint density at radius 2 is 0.913 bits per heavy atom.